The highest BCUT2D eigenvalue weighted by Crippen LogP contribution is 2.58. The van der Waals surface area contributed by atoms with Gasteiger partial charge < -0.3 is 18.9 Å². The van der Waals surface area contributed by atoms with Gasteiger partial charge in [-0.05, 0) is 71.6 Å². The molecule has 6 heteroatoms. The van der Waals surface area contributed by atoms with Gasteiger partial charge in [0.1, 0.15) is 11.2 Å². The van der Waals surface area contributed by atoms with Crippen molar-refractivity contribution in [3.05, 3.63) is 0 Å². The molecule has 0 aliphatic heterocycles. The van der Waals surface area contributed by atoms with E-state index in [0.29, 0.717) is 36.9 Å². The minimum absolute atomic E-state index is 0.177. The Balaban J connectivity index is 1.96. The van der Waals surface area contributed by atoms with E-state index >= 15 is 0 Å². The van der Waals surface area contributed by atoms with Crippen LogP contribution >= 0.6 is 0 Å². The van der Waals surface area contributed by atoms with Gasteiger partial charge in [0.25, 0.3) is 0 Å². The molecule has 6 unspecified atom stereocenters. The number of rotatable bonds is 4. The second-order valence-electron chi connectivity index (χ2n) is 10.2. The van der Waals surface area contributed by atoms with E-state index < -0.39 is 23.5 Å². The predicted molar refractivity (Wildman–Crippen MR) is 101 cm³/mol. The molecule has 0 aromatic heterocycles. The fraction of sp³-hybridized carbons (Fsp3) is 0.905. The molecule has 0 amide bonds. The molecule has 6 nitrogen and oxygen atoms in total. The Morgan fingerprint density at radius 2 is 1.07 bits per heavy atom. The van der Waals surface area contributed by atoms with Crippen LogP contribution in [0, 0.1) is 35.5 Å². The molecule has 0 N–H and O–H groups in total. The highest BCUT2D eigenvalue weighted by Gasteiger charge is 2.55. The molecule has 0 aromatic carbocycles. The molecule has 27 heavy (non-hydrogen) atoms. The molecule has 2 aliphatic rings. The fourth-order valence-electron chi connectivity index (χ4n) is 4.67. The van der Waals surface area contributed by atoms with Crippen molar-refractivity contribution in [2.75, 3.05) is 13.2 Å². The Bertz CT molecular complexity index is 496. The number of fused-ring (bicyclic) bond motifs is 2. The van der Waals surface area contributed by atoms with Crippen LogP contribution in [0.1, 0.15) is 61.8 Å². The van der Waals surface area contributed by atoms with Gasteiger partial charge in [-0.1, -0.05) is 13.8 Å². The molecule has 0 spiro atoms. The van der Waals surface area contributed by atoms with Crippen LogP contribution in [0.3, 0.4) is 0 Å². The van der Waals surface area contributed by atoms with Gasteiger partial charge in [-0.3, -0.25) is 0 Å². The summed E-state index contributed by atoms with van der Waals surface area (Å²) in [4.78, 5) is 23.9. The Hall–Kier alpha value is -1.46. The monoisotopic (exact) mass is 384 g/mol. The SMILES string of the molecule is CC1C(C)C2CC1C(COC(=O)OC(C)(C)C)C2COC(=O)OC(C)(C)C. The molecule has 2 saturated carbocycles. The van der Waals surface area contributed by atoms with Crippen LogP contribution in [0.25, 0.3) is 0 Å². The van der Waals surface area contributed by atoms with Crippen LogP contribution in [-0.2, 0) is 18.9 Å². The first-order valence-electron chi connectivity index (χ1n) is 10.00. The lowest BCUT2D eigenvalue weighted by Gasteiger charge is -2.37. The highest BCUT2D eigenvalue weighted by molar-refractivity contribution is 5.61. The highest BCUT2D eigenvalue weighted by atomic mass is 16.7. The molecular weight excluding hydrogens is 348 g/mol. The number of ether oxygens (including phenoxy) is 4. The lowest BCUT2D eigenvalue weighted by atomic mass is 9.70. The van der Waals surface area contributed by atoms with Crippen molar-refractivity contribution >= 4 is 12.3 Å². The standard InChI is InChI=1S/C21H36O6/c1-12-13(2)15-9-14(12)16(10-24-18(22)26-20(3,4)5)17(15)11-25-19(23)27-21(6,7)8/h12-17H,9-11H2,1-8H3. The Kier molecular flexibility index (Phi) is 6.37. The van der Waals surface area contributed by atoms with Gasteiger partial charge in [0, 0.05) is 11.8 Å². The van der Waals surface area contributed by atoms with Gasteiger partial charge in [-0.25, -0.2) is 9.59 Å². The van der Waals surface area contributed by atoms with E-state index in [1.165, 1.54) is 0 Å². The van der Waals surface area contributed by atoms with Crippen LogP contribution < -0.4 is 0 Å². The van der Waals surface area contributed by atoms with E-state index in [9.17, 15) is 9.59 Å². The summed E-state index contributed by atoms with van der Waals surface area (Å²) in [5.74, 6) is 2.44. The van der Waals surface area contributed by atoms with Gasteiger partial charge in [0.05, 0.1) is 13.2 Å². The minimum Gasteiger partial charge on any atom is -0.434 e. The van der Waals surface area contributed by atoms with Crippen LogP contribution in [0.4, 0.5) is 9.59 Å². The summed E-state index contributed by atoms with van der Waals surface area (Å²) in [5.41, 5.74) is -1.15. The molecule has 0 radical (unpaired) electrons. The molecule has 6 atom stereocenters. The first kappa shape index (κ1) is 21.8. The molecule has 2 rings (SSSR count). The summed E-state index contributed by atoms with van der Waals surface area (Å²) in [6.45, 7) is 16.0. The predicted octanol–water partition coefficient (Wildman–Crippen LogP) is 5.04. The van der Waals surface area contributed by atoms with Crippen molar-refractivity contribution in [3.63, 3.8) is 0 Å². The summed E-state index contributed by atoms with van der Waals surface area (Å²) >= 11 is 0. The third-order valence-electron chi connectivity index (χ3n) is 5.94. The second kappa shape index (κ2) is 7.88. The molecule has 2 bridgehead atoms. The Morgan fingerprint density at radius 3 is 1.37 bits per heavy atom. The number of carbonyl (C=O) groups excluding carboxylic acids is 2. The van der Waals surface area contributed by atoms with E-state index in [2.05, 4.69) is 13.8 Å². The van der Waals surface area contributed by atoms with Crippen LogP contribution in [-0.4, -0.2) is 36.7 Å². The van der Waals surface area contributed by atoms with E-state index in [0.717, 1.165) is 6.42 Å². The first-order valence-corrected chi connectivity index (χ1v) is 10.00. The van der Waals surface area contributed by atoms with Gasteiger partial charge in [0.2, 0.25) is 0 Å². The first-order chi connectivity index (χ1) is 12.3. The molecule has 2 aliphatic carbocycles. The number of carbonyl (C=O) groups is 2. The average molecular weight is 385 g/mol. The normalized spacial score (nSPS) is 32.9. The van der Waals surface area contributed by atoms with Crippen LogP contribution in [0.5, 0.6) is 0 Å². The van der Waals surface area contributed by atoms with Gasteiger partial charge in [-0.15, -0.1) is 0 Å². The maximum Gasteiger partial charge on any atom is 0.508 e. The molecule has 156 valence electrons. The van der Waals surface area contributed by atoms with Crippen molar-refractivity contribution in [1.82, 2.24) is 0 Å². The van der Waals surface area contributed by atoms with Gasteiger partial charge in [-0.2, -0.15) is 0 Å². The lowest BCUT2D eigenvalue weighted by Crippen LogP contribution is -2.39. The largest absolute Gasteiger partial charge is 0.508 e. The second-order valence-corrected chi connectivity index (χ2v) is 10.2. The third kappa shape index (κ3) is 5.76. The Morgan fingerprint density at radius 1 is 0.741 bits per heavy atom. The molecule has 0 saturated heterocycles. The Labute approximate surface area is 163 Å². The summed E-state index contributed by atoms with van der Waals surface area (Å²) in [5, 5.41) is 0. The summed E-state index contributed by atoms with van der Waals surface area (Å²) in [6, 6.07) is 0. The molecule has 2 fully saturated rings. The summed E-state index contributed by atoms with van der Waals surface area (Å²) in [7, 11) is 0. The summed E-state index contributed by atoms with van der Waals surface area (Å²) < 4.78 is 21.3. The summed E-state index contributed by atoms with van der Waals surface area (Å²) in [6.07, 6.45) is -0.192. The fourth-order valence-corrected chi connectivity index (χ4v) is 4.67. The van der Waals surface area contributed by atoms with Gasteiger partial charge >= 0.3 is 12.3 Å². The molecule has 0 heterocycles. The average Bonchev–Trinajstić information content (AvgIpc) is 2.96. The van der Waals surface area contributed by atoms with E-state index in [4.69, 9.17) is 18.9 Å². The molecule has 0 aromatic rings. The smallest absolute Gasteiger partial charge is 0.434 e. The quantitative estimate of drug-likeness (QED) is 0.632. The maximum absolute atomic E-state index is 11.9. The number of hydrogen-bond acceptors (Lipinski definition) is 6. The van der Waals surface area contributed by atoms with Crippen molar-refractivity contribution in [1.29, 1.82) is 0 Å². The topological polar surface area (TPSA) is 71.1 Å². The van der Waals surface area contributed by atoms with E-state index in [-0.39, 0.29) is 11.8 Å². The van der Waals surface area contributed by atoms with Gasteiger partial charge in [0.15, 0.2) is 0 Å². The van der Waals surface area contributed by atoms with E-state index in [1.54, 1.807) is 0 Å². The van der Waals surface area contributed by atoms with E-state index in [1.807, 2.05) is 41.5 Å². The molecular formula is C21H36O6. The minimum atomic E-state index is -0.641. The lowest BCUT2D eigenvalue weighted by molar-refractivity contribution is -0.0473. The van der Waals surface area contributed by atoms with Crippen LogP contribution in [0.15, 0.2) is 0 Å². The van der Waals surface area contributed by atoms with Crippen molar-refractivity contribution in [3.8, 4) is 0 Å². The van der Waals surface area contributed by atoms with Crippen molar-refractivity contribution in [2.24, 2.45) is 35.5 Å². The zero-order valence-corrected chi connectivity index (χ0v) is 18.0. The van der Waals surface area contributed by atoms with Crippen LogP contribution in [0.2, 0.25) is 0 Å². The van der Waals surface area contributed by atoms with Crippen molar-refractivity contribution in [2.45, 2.75) is 73.0 Å². The van der Waals surface area contributed by atoms with Crippen molar-refractivity contribution < 1.29 is 28.5 Å². The third-order valence-corrected chi connectivity index (χ3v) is 5.94. The zero-order chi connectivity index (χ0) is 20.6. The zero-order valence-electron chi connectivity index (χ0n) is 18.0. The number of hydrogen-bond donors (Lipinski definition) is 0. The maximum atomic E-state index is 11.9.